The van der Waals surface area contributed by atoms with Gasteiger partial charge in [0.1, 0.15) is 10.8 Å². The van der Waals surface area contributed by atoms with Crippen LogP contribution in [0.5, 0.6) is 0 Å². The van der Waals surface area contributed by atoms with Crippen LogP contribution in [-0.4, -0.2) is 14.5 Å². The Hall–Kier alpha value is -1.67. The van der Waals surface area contributed by atoms with Crippen molar-refractivity contribution in [2.75, 3.05) is 0 Å². The highest BCUT2D eigenvalue weighted by Crippen LogP contribution is 2.36. The van der Waals surface area contributed by atoms with Crippen molar-refractivity contribution in [1.82, 2.24) is 14.5 Å². The Labute approximate surface area is 180 Å². The van der Waals surface area contributed by atoms with Crippen LogP contribution >= 0.6 is 55.1 Å². The summed E-state index contributed by atoms with van der Waals surface area (Å²) in [5.74, 6) is 0.503. The number of hydrogen-bond acceptors (Lipinski definition) is 4. The predicted molar refractivity (Wildman–Crippen MR) is 113 cm³/mol. The predicted octanol–water partition coefficient (Wildman–Crippen LogP) is 6.18. The molecule has 4 rings (SSSR count). The van der Waals surface area contributed by atoms with Gasteiger partial charge in [0.2, 0.25) is 5.89 Å². The largest absolute Gasteiger partial charge is 0.401 e. The number of halogens is 4. The molecule has 0 bridgehead atoms. The summed E-state index contributed by atoms with van der Waals surface area (Å²) in [7, 11) is 0. The van der Waals surface area contributed by atoms with Crippen LogP contribution < -0.4 is 5.63 Å². The van der Waals surface area contributed by atoms with Gasteiger partial charge in [-0.3, -0.25) is 4.57 Å². The Kier molecular flexibility index (Phi) is 4.88. The molecule has 136 valence electrons. The van der Waals surface area contributed by atoms with Crippen molar-refractivity contribution in [3.8, 4) is 17.4 Å². The van der Waals surface area contributed by atoms with Gasteiger partial charge in [-0.25, -0.2) is 14.8 Å². The summed E-state index contributed by atoms with van der Waals surface area (Å²) in [5, 5.41) is 1.12. The standard InChI is InChI=1S/C18H9Br2Cl2N3O2/c1-8-5-9-14(10(19)6-8)24-17(27-18(9)26)13-7-11(20)15(22)25(13)16-12(21)3-2-4-23-16/h2-7H,1H3. The Morgan fingerprint density at radius 2 is 1.93 bits per heavy atom. The molecule has 0 spiro atoms. The van der Waals surface area contributed by atoms with E-state index in [4.69, 9.17) is 27.6 Å². The lowest BCUT2D eigenvalue weighted by atomic mass is 10.2. The summed E-state index contributed by atoms with van der Waals surface area (Å²) in [6.07, 6.45) is 1.60. The minimum atomic E-state index is -0.494. The summed E-state index contributed by atoms with van der Waals surface area (Å²) >= 11 is 19.6. The molecule has 0 aliphatic heterocycles. The number of hydrogen-bond donors (Lipinski definition) is 0. The lowest BCUT2D eigenvalue weighted by Gasteiger charge is -2.10. The molecule has 3 heterocycles. The number of aromatic nitrogens is 3. The summed E-state index contributed by atoms with van der Waals surface area (Å²) in [6, 6.07) is 8.73. The summed E-state index contributed by atoms with van der Waals surface area (Å²) in [5.41, 5.74) is 1.37. The molecule has 0 atom stereocenters. The third-order valence-corrected chi connectivity index (χ3v) is 6.00. The monoisotopic (exact) mass is 527 g/mol. The van der Waals surface area contributed by atoms with Gasteiger partial charge in [-0.15, -0.1) is 0 Å². The number of aryl methyl sites for hydroxylation is 1. The maximum atomic E-state index is 12.6. The number of fused-ring (bicyclic) bond motifs is 1. The first-order valence-corrected chi connectivity index (χ1v) is 10.00. The Morgan fingerprint density at radius 3 is 2.67 bits per heavy atom. The molecule has 0 aliphatic rings. The van der Waals surface area contributed by atoms with E-state index >= 15 is 0 Å². The third kappa shape index (κ3) is 3.23. The molecule has 0 unspecified atom stereocenters. The zero-order chi connectivity index (χ0) is 19.3. The van der Waals surface area contributed by atoms with Gasteiger partial charge in [0.15, 0.2) is 5.82 Å². The van der Waals surface area contributed by atoms with Gasteiger partial charge < -0.3 is 4.42 Å². The third-order valence-electron chi connectivity index (χ3n) is 3.90. The van der Waals surface area contributed by atoms with Crippen LogP contribution in [0.4, 0.5) is 0 Å². The smallest absolute Gasteiger partial charge is 0.347 e. The molecule has 0 N–H and O–H groups in total. The van der Waals surface area contributed by atoms with Crippen LogP contribution in [0.15, 0.2) is 54.7 Å². The van der Waals surface area contributed by atoms with Crippen molar-refractivity contribution in [1.29, 1.82) is 0 Å². The van der Waals surface area contributed by atoms with E-state index in [0.717, 1.165) is 5.56 Å². The van der Waals surface area contributed by atoms with Gasteiger partial charge in [0.05, 0.1) is 20.4 Å². The van der Waals surface area contributed by atoms with Crippen LogP contribution in [0.1, 0.15) is 5.56 Å². The summed E-state index contributed by atoms with van der Waals surface area (Å²) in [4.78, 5) is 21.4. The summed E-state index contributed by atoms with van der Waals surface area (Å²) < 4.78 is 8.37. The molecular weight excluding hydrogens is 521 g/mol. The van der Waals surface area contributed by atoms with Gasteiger partial charge >= 0.3 is 5.63 Å². The second-order valence-electron chi connectivity index (χ2n) is 5.76. The van der Waals surface area contributed by atoms with Crippen molar-refractivity contribution in [3.63, 3.8) is 0 Å². The van der Waals surface area contributed by atoms with Crippen LogP contribution in [0.2, 0.25) is 10.2 Å². The van der Waals surface area contributed by atoms with Crippen molar-refractivity contribution < 1.29 is 4.42 Å². The topological polar surface area (TPSA) is 60.9 Å². The molecule has 27 heavy (non-hydrogen) atoms. The second-order valence-corrected chi connectivity index (χ2v) is 8.24. The average molecular weight is 530 g/mol. The molecule has 0 fully saturated rings. The number of rotatable bonds is 2. The molecule has 3 aromatic heterocycles. The molecule has 4 aromatic rings. The number of benzene rings is 1. The molecular formula is C18H9Br2Cl2N3O2. The van der Waals surface area contributed by atoms with E-state index in [0.29, 0.717) is 41.5 Å². The van der Waals surface area contributed by atoms with Crippen molar-refractivity contribution in [2.24, 2.45) is 0 Å². The van der Waals surface area contributed by atoms with E-state index in [1.54, 1.807) is 35.0 Å². The van der Waals surface area contributed by atoms with Crippen LogP contribution in [0.25, 0.3) is 28.3 Å². The fourth-order valence-corrected chi connectivity index (χ4v) is 4.23. The van der Waals surface area contributed by atoms with Gasteiger partial charge in [0.25, 0.3) is 0 Å². The van der Waals surface area contributed by atoms with Gasteiger partial charge in [-0.2, -0.15) is 0 Å². The van der Waals surface area contributed by atoms with Gasteiger partial charge in [-0.1, -0.05) is 23.2 Å². The second kappa shape index (κ2) is 7.05. The van der Waals surface area contributed by atoms with E-state index in [9.17, 15) is 4.79 Å². The Bertz CT molecular complexity index is 1270. The molecule has 0 aliphatic carbocycles. The van der Waals surface area contributed by atoms with E-state index in [2.05, 4.69) is 41.8 Å². The van der Waals surface area contributed by atoms with Gasteiger partial charge in [0, 0.05) is 10.7 Å². The fourth-order valence-electron chi connectivity index (χ4n) is 2.74. The van der Waals surface area contributed by atoms with Crippen molar-refractivity contribution >= 4 is 66.0 Å². The Balaban J connectivity index is 2.05. The highest BCUT2D eigenvalue weighted by molar-refractivity contribution is 9.11. The fraction of sp³-hybridized carbons (Fsp3) is 0.0556. The van der Waals surface area contributed by atoms with Gasteiger partial charge in [-0.05, 0) is 74.7 Å². The van der Waals surface area contributed by atoms with Crippen LogP contribution in [0, 0.1) is 6.92 Å². The van der Waals surface area contributed by atoms with Crippen LogP contribution in [-0.2, 0) is 0 Å². The highest BCUT2D eigenvalue weighted by atomic mass is 79.9. The molecule has 1 aromatic carbocycles. The van der Waals surface area contributed by atoms with E-state index < -0.39 is 5.63 Å². The minimum absolute atomic E-state index is 0.103. The molecule has 0 saturated carbocycles. The molecule has 5 nitrogen and oxygen atoms in total. The SMILES string of the molecule is Cc1cc(Br)c2nc(-c3cc(Br)c(Cl)n3-c3ncccc3Cl)oc(=O)c2c1. The maximum Gasteiger partial charge on any atom is 0.347 e. The van der Waals surface area contributed by atoms with Crippen molar-refractivity contribution in [2.45, 2.75) is 6.92 Å². The summed E-state index contributed by atoms with van der Waals surface area (Å²) in [6.45, 7) is 1.89. The zero-order valence-corrected chi connectivity index (χ0v) is 18.3. The van der Waals surface area contributed by atoms with Crippen molar-refractivity contribution in [3.05, 3.63) is 71.6 Å². The molecule has 0 radical (unpaired) electrons. The normalized spacial score (nSPS) is 11.3. The van der Waals surface area contributed by atoms with Crippen LogP contribution in [0.3, 0.4) is 0 Å². The average Bonchev–Trinajstić information content (AvgIpc) is 2.91. The lowest BCUT2D eigenvalue weighted by Crippen LogP contribution is -2.07. The Morgan fingerprint density at radius 1 is 1.15 bits per heavy atom. The maximum absolute atomic E-state index is 12.6. The minimum Gasteiger partial charge on any atom is -0.401 e. The molecule has 0 amide bonds. The lowest BCUT2D eigenvalue weighted by molar-refractivity contribution is 0.514. The van der Waals surface area contributed by atoms with E-state index in [1.807, 2.05) is 13.0 Å². The zero-order valence-electron chi connectivity index (χ0n) is 13.6. The van der Waals surface area contributed by atoms with E-state index in [-0.39, 0.29) is 5.89 Å². The highest BCUT2D eigenvalue weighted by Gasteiger charge is 2.22. The quantitative estimate of drug-likeness (QED) is 0.311. The molecule has 0 saturated heterocycles. The number of nitrogens with zero attached hydrogens (tertiary/aromatic N) is 3. The van der Waals surface area contributed by atoms with E-state index in [1.165, 1.54) is 0 Å². The molecule has 9 heteroatoms. The number of pyridine rings is 1. The first kappa shape index (κ1) is 18.7. The first-order chi connectivity index (χ1) is 12.9. The first-order valence-electron chi connectivity index (χ1n) is 7.66.